The van der Waals surface area contributed by atoms with Crippen molar-refractivity contribution in [1.82, 2.24) is 5.32 Å². The number of hydrogen-bond donors (Lipinski definition) is 2. The van der Waals surface area contributed by atoms with E-state index >= 15 is 0 Å². The van der Waals surface area contributed by atoms with E-state index in [2.05, 4.69) is 48.3 Å². The molecule has 0 bridgehead atoms. The number of nitrogens with one attached hydrogen (secondary N) is 1. The third kappa shape index (κ3) is 5.14. The minimum atomic E-state index is -0.694. The number of aliphatic hydroxyl groups is 1. The predicted octanol–water partition coefficient (Wildman–Crippen LogP) is 3.34. The fourth-order valence-electron chi connectivity index (χ4n) is 2.59. The number of rotatable bonds is 8. The number of likely N-dealkylation sites (N-methyl/N-ethyl adjacent to an activating group) is 1. The van der Waals surface area contributed by atoms with Crippen LogP contribution in [-0.4, -0.2) is 30.8 Å². The average Bonchev–Trinajstić information content (AvgIpc) is 2.38. The normalized spacial score (nSPS) is 13.3. The summed E-state index contributed by atoms with van der Waals surface area (Å²) in [6, 6.07) is 8.85. The molecule has 0 spiro atoms. The van der Waals surface area contributed by atoms with Gasteiger partial charge in [0.05, 0.1) is 5.60 Å². The van der Waals surface area contributed by atoms with Gasteiger partial charge >= 0.3 is 0 Å². The number of hydrogen-bond acceptors (Lipinski definition) is 3. The van der Waals surface area contributed by atoms with E-state index in [-0.39, 0.29) is 0 Å². The van der Waals surface area contributed by atoms with Gasteiger partial charge in [0.1, 0.15) is 0 Å². The van der Waals surface area contributed by atoms with Crippen molar-refractivity contribution in [1.29, 1.82) is 0 Å². The van der Waals surface area contributed by atoms with Crippen molar-refractivity contribution in [3.05, 3.63) is 29.8 Å². The van der Waals surface area contributed by atoms with Crippen molar-refractivity contribution in [3.8, 4) is 0 Å². The molecular weight excluding hydrogens is 248 g/mol. The van der Waals surface area contributed by atoms with E-state index < -0.39 is 5.60 Å². The summed E-state index contributed by atoms with van der Waals surface area (Å²) < 4.78 is 0. The van der Waals surface area contributed by atoms with Crippen LogP contribution in [0.3, 0.4) is 0 Å². The van der Waals surface area contributed by atoms with Gasteiger partial charge < -0.3 is 15.3 Å². The Morgan fingerprint density at radius 2 is 1.90 bits per heavy atom. The molecule has 0 saturated heterocycles. The van der Waals surface area contributed by atoms with Crippen molar-refractivity contribution in [2.24, 2.45) is 0 Å². The van der Waals surface area contributed by atoms with Crippen LogP contribution in [0.25, 0.3) is 0 Å². The summed E-state index contributed by atoms with van der Waals surface area (Å²) in [5.74, 6) is 0. The van der Waals surface area contributed by atoms with Gasteiger partial charge in [-0.15, -0.1) is 0 Å². The molecule has 1 rings (SSSR count). The lowest BCUT2D eigenvalue weighted by Gasteiger charge is -2.31. The maximum Gasteiger partial charge on any atom is 0.0765 e. The highest BCUT2D eigenvalue weighted by molar-refractivity contribution is 5.54. The quantitative estimate of drug-likeness (QED) is 0.765. The van der Waals surface area contributed by atoms with Crippen molar-refractivity contribution in [2.45, 2.75) is 52.2 Å². The molecule has 0 fully saturated rings. The lowest BCUT2D eigenvalue weighted by molar-refractivity contribution is 0.0885. The van der Waals surface area contributed by atoms with Crippen LogP contribution >= 0.6 is 0 Å². The molecule has 0 aliphatic heterocycles. The highest BCUT2D eigenvalue weighted by Gasteiger charge is 2.20. The molecule has 114 valence electrons. The van der Waals surface area contributed by atoms with Crippen molar-refractivity contribution < 1.29 is 5.11 Å². The molecule has 1 aromatic carbocycles. The first kappa shape index (κ1) is 17.0. The van der Waals surface area contributed by atoms with Crippen LogP contribution < -0.4 is 10.2 Å². The van der Waals surface area contributed by atoms with E-state index in [1.165, 1.54) is 11.3 Å². The predicted molar refractivity (Wildman–Crippen MR) is 87.3 cm³/mol. The molecule has 0 aliphatic carbocycles. The molecule has 0 amide bonds. The molecule has 1 aromatic rings. The van der Waals surface area contributed by atoms with Gasteiger partial charge in [0.2, 0.25) is 0 Å². The second-order valence-electron chi connectivity index (χ2n) is 6.14. The Hall–Kier alpha value is -1.06. The summed E-state index contributed by atoms with van der Waals surface area (Å²) >= 11 is 0. The first-order valence-corrected chi connectivity index (χ1v) is 7.64. The maximum absolute atomic E-state index is 10.0. The summed E-state index contributed by atoms with van der Waals surface area (Å²) in [5.41, 5.74) is 1.82. The van der Waals surface area contributed by atoms with E-state index in [1.807, 2.05) is 20.9 Å². The number of para-hydroxylation sites is 1. The van der Waals surface area contributed by atoms with Crippen LogP contribution in [-0.2, 0) is 0 Å². The third-order valence-corrected chi connectivity index (χ3v) is 3.40. The molecule has 3 heteroatoms. The van der Waals surface area contributed by atoms with Crippen LogP contribution in [0.15, 0.2) is 24.3 Å². The summed E-state index contributed by atoms with van der Waals surface area (Å²) in [7, 11) is 2.04. The van der Waals surface area contributed by atoms with E-state index in [4.69, 9.17) is 0 Å². The van der Waals surface area contributed by atoms with E-state index in [9.17, 15) is 5.11 Å². The lowest BCUT2D eigenvalue weighted by atomic mass is 10.0. The molecule has 0 aliphatic rings. The van der Waals surface area contributed by atoms with Gasteiger partial charge in [0.25, 0.3) is 0 Å². The fraction of sp³-hybridized carbons (Fsp3) is 0.647. The zero-order valence-electron chi connectivity index (χ0n) is 13.6. The number of benzene rings is 1. The molecule has 2 N–H and O–H groups in total. The summed E-state index contributed by atoms with van der Waals surface area (Å²) in [4.78, 5) is 2.14. The number of nitrogens with zero attached hydrogens (tertiary/aromatic N) is 1. The minimum Gasteiger partial charge on any atom is -0.389 e. The summed E-state index contributed by atoms with van der Waals surface area (Å²) in [6.45, 7) is 9.74. The second-order valence-corrected chi connectivity index (χ2v) is 6.14. The highest BCUT2D eigenvalue weighted by Crippen LogP contribution is 2.28. The van der Waals surface area contributed by atoms with Gasteiger partial charge in [-0.25, -0.2) is 0 Å². The Bertz CT molecular complexity index is 398. The Morgan fingerprint density at radius 1 is 1.25 bits per heavy atom. The number of anilines is 1. The molecule has 0 aromatic heterocycles. The smallest absolute Gasteiger partial charge is 0.0765 e. The fourth-order valence-corrected chi connectivity index (χ4v) is 2.59. The van der Waals surface area contributed by atoms with Gasteiger partial charge in [-0.05, 0) is 44.9 Å². The maximum atomic E-state index is 10.0. The van der Waals surface area contributed by atoms with Gasteiger partial charge in [0, 0.05) is 25.3 Å². The first-order chi connectivity index (χ1) is 9.39. The zero-order valence-corrected chi connectivity index (χ0v) is 13.6. The van der Waals surface area contributed by atoms with E-state index in [0.29, 0.717) is 12.6 Å². The Morgan fingerprint density at radius 3 is 2.45 bits per heavy atom. The van der Waals surface area contributed by atoms with Crippen LogP contribution in [0, 0.1) is 0 Å². The van der Waals surface area contributed by atoms with Crippen molar-refractivity contribution in [2.75, 3.05) is 25.0 Å². The standard InChI is InChI=1S/C17H30N2O/c1-6-12-18-15(7-2)14-10-8-9-11-16(14)19(5)13-17(3,4)20/h8-11,15,18,20H,6-7,12-13H2,1-5H3. The van der Waals surface area contributed by atoms with Crippen LogP contribution in [0.2, 0.25) is 0 Å². The molecule has 1 unspecified atom stereocenters. The molecule has 0 saturated carbocycles. The zero-order chi connectivity index (χ0) is 15.2. The van der Waals surface area contributed by atoms with Crippen molar-refractivity contribution >= 4 is 5.69 Å². The van der Waals surface area contributed by atoms with Crippen LogP contribution in [0.4, 0.5) is 5.69 Å². The van der Waals surface area contributed by atoms with Crippen LogP contribution in [0.1, 0.15) is 52.1 Å². The van der Waals surface area contributed by atoms with Gasteiger partial charge in [-0.2, -0.15) is 0 Å². The Labute approximate surface area is 124 Å². The SMILES string of the molecule is CCCNC(CC)c1ccccc1N(C)CC(C)(C)O. The summed E-state index contributed by atoms with van der Waals surface area (Å²) in [5, 5.41) is 13.6. The molecular formula is C17H30N2O. The van der Waals surface area contributed by atoms with Crippen molar-refractivity contribution in [3.63, 3.8) is 0 Å². The van der Waals surface area contributed by atoms with Gasteiger partial charge in [-0.1, -0.05) is 32.0 Å². The Balaban J connectivity index is 2.96. The average molecular weight is 278 g/mol. The second kappa shape index (κ2) is 7.65. The topological polar surface area (TPSA) is 35.5 Å². The molecule has 1 atom stereocenters. The van der Waals surface area contributed by atoms with Gasteiger partial charge in [0.15, 0.2) is 0 Å². The third-order valence-electron chi connectivity index (χ3n) is 3.40. The monoisotopic (exact) mass is 278 g/mol. The summed E-state index contributed by atoms with van der Waals surface area (Å²) in [6.07, 6.45) is 2.20. The van der Waals surface area contributed by atoms with Gasteiger partial charge in [-0.3, -0.25) is 0 Å². The lowest BCUT2D eigenvalue weighted by Crippen LogP contribution is -2.37. The molecule has 0 heterocycles. The first-order valence-electron chi connectivity index (χ1n) is 7.64. The molecule has 20 heavy (non-hydrogen) atoms. The Kier molecular flexibility index (Phi) is 6.50. The highest BCUT2D eigenvalue weighted by atomic mass is 16.3. The van der Waals surface area contributed by atoms with E-state index in [0.717, 1.165) is 19.4 Å². The molecule has 3 nitrogen and oxygen atoms in total. The molecule has 0 radical (unpaired) electrons. The van der Waals surface area contributed by atoms with Crippen LogP contribution in [0.5, 0.6) is 0 Å². The largest absolute Gasteiger partial charge is 0.389 e. The van der Waals surface area contributed by atoms with E-state index in [1.54, 1.807) is 0 Å². The minimum absolute atomic E-state index is 0.371.